The maximum absolute atomic E-state index is 5.22. The largest absolute Gasteiger partial charge is 0.330 e. The lowest BCUT2D eigenvalue weighted by atomic mass is 10.1. The summed E-state index contributed by atoms with van der Waals surface area (Å²) in [6.45, 7) is 2.85. The molecule has 0 fully saturated rings. The fraction of sp³-hybridized carbons (Fsp3) is 0.267. The molecule has 2 heteroatoms. The third-order valence-electron chi connectivity index (χ3n) is 2.94. The van der Waals surface area contributed by atoms with Gasteiger partial charge in [-0.15, -0.1) is 6.42 Å². The quantitative estimate of drug-likeness (QED) is 0.531. The van der Waals surface area contributed by atoms with Crippen LogP contribution in [-0.2, 0) is 0 Å². The van der Waals surface area contributed by atoms with Gasteiger partial charge in [0, 0.05) is 12.2 Å². The highest BCUT2D eigenvalue weighted by atomic mass is 15.2. The molecule has 0 saturated carbocycles. The predicted molar refractivity (Wildman–Crippen MR) is 72.6 cm³/mol. The number of nitrogens with zero attached hydrogens (tertiary/aromatic N) is 2. The molecule has 1 heterocycles. The predicted octanol–water partition coefficient (Wildman–Crippen LogP) is 2.68. The lowest BCUT2D eigenvalue weighted by molar-refractivity contribution is 0.554. The van der Waals surface area contributed by atoms with Crippen LogP contribution in [0.5, 0.6) is 0 Å². The fourth-order valence-corrected chi connectivity index (χ4v) is 1.98. The molecule has 1 aliphatic carbocycles. The van der Waals surface area contributed by atoms with Crippen molar-refractivity contribution in [3.8, 4) is 12.3 Å². The van der Waals surface area contributed by atoms with E-state index in [1.54, 1.807) is 6.08 Å². The van der Waals surface area contributed by atoms with Gasteiger partial charge in [-0.05, 0) is 37.1 Å². The van der Waals surface area contributed by atoms with Crippen molar-refractivity contribution in [3.05, 3.63) is 47.7 Å². The molecule has 2 rings (SSSR count). The Morgan fingerprint density at radius 1 is 1.71 bits per heavy atom. The van der Waals surface area contributed by atoms with E-state index in [4.69, 9.17) is 6.42 Å². The van der Waals surface area contributed by atoms with Gasteiger partial charge in [-0.2, -0.15) is 0 Å². The molecule has 86 valence electrons. The first-order chi connectivity index (χ1) is 8.35. The topological polar surface area (TPSA) is 15.6 Å². The minimum absolute atomic E-state index is 0.315. The molecule has 2 aliphatic rings. The van der Waals surface area contributed by atoms with Crippen molar-refractivity contribution < 1.29 is 0 Å². The number of hydrogen-bond donors (Lipinski definition) is 0. The first kappa shape index (κ1) is 11.5. The zero-order valence-corrected chi connectivity index (χ0v) is 10.0. The van der Waals surface area contributed by atoms with Crippen molar-refractivity contribution in [2.75, 3.05) is 6.54 Å². The second kappa shape index (κ2) is 5.36. The SMILES string of the molecule is C#C/C=C\C(=C/C)CN1C=NC2CC=CC=C21. The van der Waals surface area contributed by atoms with Crippen LogP contribution < -0.4 is 0 Å². The Labute approximate surface area is 103 Å². The van der Waals surface area contributed by atoms with Crippen molar-refractivity contribution in [1.29, 1.82) is 0 Å². The van der Waals surface area contributed by atoms with E-state index in [0.29, 0.717) is 6.04 Å². The summed E-state index contributed by atoms with van der Waals surface area (Å²) in [5.74, 6) is 2.51. The van der Waals surface area contributed by atoms with Gasteiger partial charge < -0.3 is 4.90 Å². The third kappa shape index (κ3) is 2.57. The molecule has 0 radical (unpaired) electrons. The molecule has 17 heavy (non-hydrogen) atoms. The number of rotatable bonds is 3. The highest BCUT2D eigenvalue weighted by Gasteiger charge is 2.24. The van der Waals surface area contributed by atoms with Crippen LogP contribution in [-0.4, -0.2) is 23.8 Å². The van der Waals surface area contributed by atoms with Crippen LogP contribution in [0.3, 0.4) is 0 Å². The van der Waals surface area contributed by atoms with E-state index in [1.165, 1.54) is 11.3 Å². The smallest absolute Gasteiger partial charge is 0.0951 e. The molecule has 0 aromatic rings. The molecule has 0 saturated heterocycles. The first-order valence-corrected chi connectivity index (χ1v) is 5.79. The van der Waals surface area contributed by atoms with E-state index in [1.807, 2.05) is 19.3 Å². The molecule has 0 aromatic carbocycles. The minimum atomic E-state index is 0.315. The van der Waals surface area contributed by atoms with Gasteiger partial charge >= 0.3 is 0 Å². The molecule has 1 unspecified atom stereocenters. The summed E-state index contributed by atoms with van der Waals surface area (Å²) in [7, 11) is 0. The monoisotopic (exact) mass is 224 g/mol. The maximum Gasteiger partial charge on any atom is 0.0951 e. The van der Waals surface area contributed by atoms with Crippen molar-refractivity contribution in [1.82, 2.24) is 4.90 Å². The Morgan fingerprint density at radius 3 is 3.35 bits per heavy atom. The number of fused-ring (bicyclic) bond motifs is 1. The van der Waals surface area contributed by atoms with E-state index in [2.05, 4.69) is 40.1 Å². The average Bonchev–Trinajstić information content (AvgIpc) is 2.78. The Morgan fingerprint density at radius 2 is 2.59 bits per heavy atom. The normalized spacial score (nSPS) is 22.8. The van der Waals surface area contributed by atoms with E-state index in [9.17, 15) is 0 Å². The van der Waals surface area contributed by atoms with Crippen molar-refractivity contribution in [2.45, 2.75) is 19.4 Å². The standard InChI is InChI=1S/C15H16N2/c1-3-5-8-13(4-2)11-17-12-16-14-9-6-7-10-15(14)17/h1,4-8,10,12,14H,9,11H2,2H3/b8-5-,13-4+. The second-order valence-corrected chi connectivity index (χ2v) is 4.03. The first-order valence-electron chi connectivity index (χ1n) is 5.79. The zero-order valence-electron chi connectivity index (χ0n) is 10.0. The lowest BCUT2D eigenvalue weighted by Gasteiger charge is -2.21. The Balaban J connectivity index is 2.07. The van der Waals surface area contributed by atoms with Crippen LogP contribution in [0.15, 0.2) is 52.7 Å². The van der Waals surface area contributed by atoms with Gasteiger partial charge in [0.25, 0.3) is 0 Å². The van der Waals surface area contributed by atoms with Crippen LogP contribution in [0, 0.1) is 12.3 Å². The summed E-state index contributed by atoms with van der Waals surface area (Å²) < 4.78 is 0. The van der Waals surface area contributed by atoms with Crippen molar-refractivity contribution >= 4 is 6.34 Å². The lowest BCUT2D eigenvalue weighted by Crippen LogP contribution is -2.23. The summed E-state index contributed by atoms with van der Waals surface area (Å²) in [4.78, 5) is 6.68. The minimum Gasteiger partial charge on any atom is -0.330 e. The molecule has 0 spiro atoms. The Hall–Kier alpha value is -2.01. The van der Waals surface area contributed by atoms with Crippen LogP contribution in [0.2, 0.25) is 0 Å². The third-order valence-corrected chi connectivity index (χ3v) is 2.94. The van der Waals surface area contributed by atoms with E-state index >= 15 is 0 Å². The summed E-state index contributed by atoms with van der Waals surface area (Å²) in [6, 6.07) is 0.315. The number of terminal acetylenes is 1. The maximum atomic E-state index is 5.22. The highest BCUT2D eigenvalue weighted by Crippen LogP contribution is 2.25. The summed E-state index contributed by atoms with van der Waals surface area (Å²) in [5, 5.41) is 0. The van der Waals surface area contributed by atoms with Gasteiger partial charge in [0.2, 0.25) is 0 Å². The van der Waals surface area contributed by atoms with Gasteiger partial charge in [0.1, 0.15) is 0 Å². The van der Waals surface area contributed by atoms with E-state index < -0.39 is 0 Å². The van der Waals surface area contributed by atoms with Gasteiger partial charge in [-0.3, -0.25) is 4.99 Å². The average molecular weight is 224 g/mol. The molecule has 0 N–H and O–H groups in total. The Kier molecular flexibility index (Phi) is 3.62. The second-order valence-electron chi connectivity index (χ2n) is 4.03. The van der Waals surface area contributed by atoms with Crippen LogP contribution in [0.4, 0.5) is 0 Å². The summed E-state index contributed by atoms with van der Waals surface area (Å²) in [5.41, 5.74) is 2.48. The van der Waals surface area contributed by atoms with Crippen molar-refractivity contribution in [2.24, 2.45) is 4.99 Å². The Bertz CT molecular complexity index is 470. The summed E-state index contributed by atoms with van der Waals surface area (Å²) in [6.07, 6.45) is 20.3. The van der Waals surface area contributed by atoms with Crippen LogP contribution >= 0.6 is 0 Å². The van der Waals surface area contributed by atoms with Gasteiger partial charge in [0.15, 0.2) is 0 Å². The molecule has 0 aromatic heterocycles. The van der Waals surface area contributed by atoms with E-state index in [-0.39, 0.29) is 0 Å². The molecule has 0 amide bonds. The van der Waals surface area contributed by atoms with Crippen LogP contribution in [0.1, 0.15) is 13.3 Å². The molecular formula is C15H16N2. The molecule has 1 aliphatic heterocycles. The van der Waals surface area contributed by atoms with Gasteiger partial charge in [-0.1, -0.05) is 24.1 Å². The highest BCUT2D eigenvalue weighted by molar-refractivity contribution is 5.65. The number of allylic oxidation sites excluding steroid dienone is 4. The van der Waals surface area contributed by atoms with Gasteiger partial charge in [0.05, 0.1) is 12.4 Å². The summed E-state index contributed by atoms with van der Waals surface area (Å²) >= 11 is 0. The van der Waals surface area contributed by atoms with Crippen molar-refractivity contribution in [3.63, 3.8) is 0 Å². The fourth-order valence-electron chi connectivity index (χ4n) is 1.98. The van der Waals surface area contributed by atoms with Gasteiger partial charge in [-0.25, -0.2) is 0 Å². The molecule has 0 bridgehead atoms. The molecular weight excluding hydrogens is 208 g/mol. The molecule has 2 nitrogen and oxygen atoms in total. The number of hydrogen-bond acceptors (Lipinski definition) is 2. The van der Waals surface area contributed by atoms with E-state index in [0.717, 1.165) is 13.0 Å². The van der Waals surface area contributed by atoms with Crippen LogP contribution in [0.25, 0.3) is 0 Å². The molecule has 1 atom stereocenters. The zero-order chi connectivity index (χ0) is 12.1. The number of aliphatic imine (C=N–C) groups is 1.